The Bertz CT molecular complexity index is 418. The van der Waals surface area contributed by atoms with Crippen LogP contribution in [0.1, 0.15) is 264 Å². The molecule has 1 radical (unpaired) electrons. The molecular formula is C43H87S. The number of hydrogen-bond acceptors (Lipinski definition) is 1. The first kappa shape index (κ1) is 44.4. The van der Waals surface area contributed by atoms with Crippen molar-refractivity contribution in [2.24, 2.45) is 0 Å². The van der Waals surface area contributed by atoms with Gasteiger partial charge < -0.3 is 0 Å². The zero-order valence-corrected chi connectivity index (χ0v) is 32.1. The first-order valence-electron chi connectivity index (χ1n) is 21.3. The van der Waals surface area contributed by atoms with Gasteiger partial charge in [0, 0.05) is 5.75 Å². The summed E-state index contributed by atoms with van der Waals surface area (Å²) < 4.78 is 0. The highest BCUT2D eigenvalue weighted by atomic mass is 32.2. The topological polar surface area (TPSA) is 0 Å². The molecule has 0 aromatic rings. The smallest absolute Gasteiger partial charge is 0.0166 e. The molecule has 44 heavy (non-hydrogen) atoms. The van der Waals surface area contributed by atoms with Gasteiger partial charge in [-0.2, -0.15) is 11.8 Å². The minimum atomic E-state index is 1.34. The molecule has 0 saturated carbocycles. The number of hydrogen-bond donors (Lipinski definition) is 0. The van der Waals surface area contributed by atoms with Crippen molar-refractivity contribution in [1.29, 1.82) is 0 Å². The fraction of sp³-hybridized carbons (Fsp3) is 0.977. The molecule has 0 heterocycles. The van der Waals surface area contributed by atoms with Gasteiger partial charge in [0.25, 0.3) is 0 Å². The maximum atomic E-state index is 2.51. The quantitative estimate of drug-likeness (QED) is 0.0602. The molecule has 0 saturated heterocycles. The average Bonchev–Trinajstić information content (AvgIpc) is 3.04. The van der Waals surface area contributed by atoms with Crippen molar-refractivity contribution in [2.75, 3.05) is 5.75 Å². The lowest BCUT2D eigenvalue weighted by molar-refractivity contribution is 0.516. The van der Waals surface area contributed by atoms with E-state index in [1.54, 1.807) is 0 Å². The van der Waals surface area contributed by atoms with Crippen LogP contribution in [0.3, 0.4) is 0 Å². The third-order valence-corrected chi connectivity index (χ3v) is 10.9. The highest BCUT2D eigenvalue weighted by Gasteiger charge is 1.98. The molecule has 0 spiro atoms. The Kier molecular flexibility index (Phi) is 43.7. The van der Waals surface area contributed by atoms with Crippen LogP contribution >= 0.6 is 11.8 Å². The van der Waals surface area contributed by atoms with E-state index in [9.17, 15) is 0 Å². The van der Waals surface area contributed by atoms with Crippen molar-refractivity contribution in [3.63, 3.8) is 0 Å². The van der Waals surface area contributed by atoms with Crippen molar-refractivity contribution in [3.05, 3.63) is 5.75 Å². The molecule has 0 aliphatic carbocycles. The molecule has 0 atom stereocenters. The maximum Gasteiger partial charge on any atom is 0.0166 e. The lowest BCUT2D eigenvalue weighted by atomic mass is 10.0. The third kappa shape index (κ3) is 42.3. The Labute approximate surface area is 286 Å². The Morgan fingerprint density at radius 2 is 0.455 bits per heavy atom. The van der Waals surface area contributed by atoms with E-state index < -0.39 is 0 Å². The zero-order valence-electron chi connectivity index (χ0n) is 31.3. The summed E-state index contributed by atoms with van der Waals surface area (Å²) in [7, 11) is 0. The molecule has 0 rings (SSSR count). The summed E-state index contributed by atoms with van der Waals surface area (Å²) in [5.41, 5.74) is 0. The summed E-state index contributed by atoms with van der Waals surface area (Å²) in [5, 5.41) is 0. The van der Waals surface area contributed by atoms with Gasteiger partial charge in [-0.05, 0) is 18.6 Å². The average molecular weight is 636 g/mol. The van der Waals surface area contributed by atoms with Gasteiger partial charge in [-0.1, -0.05) is 251 Å². The van der Waals surface area contributed by atoms with Crippen molar-refractivity contribution < 1.29 is 0 Å². The van der Waals surface area contributed by atoms with Crippen LogP contribution in [-0.4, -0.2) is 5.75 Å². The summed E-state index contributed by atoms with van der Waals surface area (Å²) >= 11 is 2.10. The fourth-order valence-electron chi connectivity index (χ4n) is 6.74. The number of thioether (sulfide) groups is 1. The van der Waals surface area contributed by atoms with Crippen molar-refractivity contribution in [2.45, 2.75) is 264 Å². The minimum absolute atomic E-state index is 1.34. The van der Waals surface area contributed by atoms with Crippen LogP contribution in [0.25, 0.3) is 0 Å². The molecular weight excluding hydrogens is 549 g/mol. The molecule has 0 nitrogen and oxygen atoms in total. The Morgan fingerprint density at radius 1 is 0.250 bits per heavy atom. The lowest BCUT2D eigenvalue weighted by Crippen LogP contribution is -1.85. The Morgan fingerprint density at radius 3 is 0.705 bits per heavy atom. The molecule has 265 valence electrons. The standard InChI is InChI=1S/C43H87S/c1-3-5-7-9-11-13-15-17-18-19-20-21-22-23-24-25-26-27-28-29-31-33-35-37-39-41-43-44-42-40-38-36-34-32-30-16-14-12-10-8-6-4-2/h43H,3-42H2,1-2H3. The highest BCUT2D eigenvalue weighted by molar-refractivity contribution is 8.01. The molecule has 0 amide bonds. The largest absolute Gasteiger partial charge is 0.157 e. The van der Waals surface area contributed by atoms with Crippen LogP contribution in [-0.2, 0) is 0 Å². The molecule has 0 aromatic carbocycles. The van der Waals surface area contributed by atoms with E-state index in [2.05, 4.69) is 31.4 Å². The highest BCUT2D eigenvalue weighted by Crippen LogP contribution is 2.19. The summed E-state index contributed by atoms with van der Waals surface area (Å²) in [4.78, 5) is 0. The van der Waals surface area contributed by atoms with Gasteiger partial charge in [0.2, 0.25) is 0 Å². The van der Waals surface area contributed by atoms with E-state index in [0.717, 1.165) is 0 Å². The predicted octanol–water partition coefficient (Wildman–Crippen LogP) is 17.1. The van der Waals surface area contributed by atoms with Gasteiger partial charge in [0.05, 0.1) is 0 Å². The molecule has 1 heteroatoms. The van der Waals surface area contributed by atoms with Crippen LogP contribution in [0.5, 0.6) is 0 Å². The molecule has 0 bridgehead atoms. The fourth-order valence-corrected chi connectivity index (χ4v) is 7.61. The lowest BCUT2D eigenvalue weighted by Gasteiger charge is -2.05. The van der Waals surface area contributed by atoms with Crippen LogP contribution < -0.4 is 0 Å². The second-order valence-corrected chi connectivity index (χ2v) is 15.6. The van der Waals surface area contributed by atoms with Gasteiger partial charge in [-0.25, -0.2) is 0 Å². The van der Waals surface area contributed by atoms with Crippen molar-refractivity contribution >= 4 is 11.8 Å². The zero-order chi connectivity index (χ0) is 31.7. The van der Waals surface area contributed by atoms with E-state index in [0.29, 0.717) is 0 Å². The number of rotatable bonds is 41. The Balaban J connectivity index is 3.03. The summed E-state index contributed by atoms with van der Waals surface area (Å²) in [6, 6.07) is 0. The first-order valence-corrected chi connectivity index (χ1v) is 22.4. The maximum absolute atomic E-state index is 2.51. The van der Waals surface area contributed by atoms with E-state index >= 15 is 0 Å². The van der Waals surface area contributed by atoms with Gasteiger partial charge in [-0.15, -0.1) is 0 Å². The molecule has 0 aliphatic rings. The normalized spacial score (nSPS) is 11.6. The van der Waals surface area contributed by atoms with Crippen molar-refractivity contribution in [1.82, 2.24) is 0 Å². The van der Waals surface area contributed by atoms with E-state index in [1.807, 2.05) is 0 Å². The van der Waals surface area contributed by atoms with Crippen LogP contribution in [0, 0.1) is 5.75 Å². The molecule has 0 fully saturated rings. The molecule has 0 N–H and O–H groups in total. The second kappa shape index (κ2) is 43.4. The first-order chi connectivity index (χ1) is 21.9. The van der Waals surface area contributed by atoms with Gasteiger partial charge >= 0.3 is 0 Å². The van der Waals surface area contributed by atoms with Gasteiger partial charge in [0.15, 0.2) is 0 Å². The Hall–Kier alpha value is 0.350. The van der Waals surface area contributed by atoms with Crippen molar-refractivity contribution in [3.8, 4) is 0 Å². The van der Waals surface area contributed by atoms with Crippen LogP contribution in [0.15, 0.2) is 0 Å². The number of unbranched alkanes of at least 4 members (excludes halogenated alkanes) is 37. The summed E-state index contributed by atoms with van der Waals surface area (Å²) in [5.74, 6) is 3.87. The van der Waals surface area contributed by atoms with E-state index in [4.69, 9.17) is 0 Å². The third-order valence-electron chi connectivity index (χ3n) is 9.91. The van der Waals surface area contributed by atoms with Gasteiger partial charge in [0.1, 0.15) is 0 Å². The van der Waals surface area contributed by atoms with E-state index in [1.165, 1.54) is 256 Å². The van der Waals surface area contributed by atoms with Crippen LogP contribution in [0.4, 0.5) is 0 Å². The SMILES string of the molecule is CCCCCCCCCCCCCCCCCCCCCCCCCCC[CH]SCCCCCCCCCCCCCCC. The minimum Gasteiger partial charge on any atom is -0.157 e. The second-order valence-electron chi connectivity index (χ2n) is 14.6. The molecule has 0 unspecified atom stereocenters. The van der Waals surface area contributed by atoms with Gasteiger partial charge in [-0.3, -0.25) is 0 Å². The van der Waals surface area contributed by atoms with Crippen LogP contribution in [0.2, 0.25) is 0 Å². The van der Waals surface area contributed by atoms with E-state index in [-0.39, 0.29) is 0 Å². The molecule has 0 aromatic heterocycles. The summed E-state index contributed by atoms with van der Waals surface area (Å²) in [6.07, 6.45) is 57.2. The summed E-state index contributed by atoms with van der Waals surface area (Å²) in [6.45, 7) is 4.62. The molecule has 0 aliphatic heterocycles. The monoisotopic (exact) mass is 636 g/mol. The predicted molar refractivity (Wildman–Crippen MR) is 208 cm³/mol.